The van der Waals surface area contributed by atoms with Crippen LogP contribution in [0.25, 0.3) is 0 Å². The maximum absolute atomic E-state index is 12.6. The summed E-state index contributed by atoms with van der Waals surface area (Å²) in [5.74, 6) is -0.795. The van der Waals surface area contributed by atoms with Crippen LogP contribution in [-0.4, -0.2) is 268 Å². The molecule has 0 aliphatic carbocycles. The minimum atomic E-state index is -2.09. The highest BCUT2D eigenvalue weighted by Crippen LogP contribution is 2.35. The Bertz CT molecular complexity index is 1260. The van der Waals surface area contributed by atoms with E-state index in [-0.39, 0.29) is 0 Å². The minimum Gasteiger partial charge on any atom is -0.394 e. The third-order valence-electron chi connectivity index (χ3n) is 10.3. The van der Waals surface area contributed by atoms with E-state index in [2.05, 4.69) is 5.32 Å². The van der Waals surface area contributed by atoms with E-state index in [1.54, 1.807) is 0 Å². The molecule has 4 saturated heterocycles. The predicted molar refractivity (Wildman–Crippen MR) is 179 cm³/mol. The van der Waals surface area contributed by atoms with Crippen molar-refractivity contribution in [2.24, 2.45) is 0 Å². The summed E-state index contributed by atoms with van der Waals surface area (Å²) >= 11 is 0. The van der Waals surface area contributed by atoms with Gasteiger partial charge in [-0.1, -0.05) is 0 Å². The number of hydrogen-bond donors (Lipinski definition) is 17. The number of hydrogen-bond acceptors (Lipinski definition) is 25. The van der Waals surface area contributed by atoms with Crippen molar-refractivity contribution >= 4 is 5.91 Å². The van der Waals surface area contributed by atoms with Crippen molar-refractivity contribution in [1.82, 2.24) is 5.32 Å². The molecule has 26 nitrogen and oxygen atoms in total. The van der Waals surface area contributed by atoms with E-state index < -0.39 is 186 Å². The molecule has 0 bridgehead atoms. The van der Waals surface area contributed by atoms with Crippen LogP contribution in [-0.2, 0) is 42.7 Å². The fourth-order valence-electron chi connectivity index (χ4n) is 6.86. The van der Waals surface area contributed by atoms with E-state index >= 15 is 0 Å². The Hall–Kier alpha value is -1.49. The lowest BCUT2D eigenvalue weighted by atomic mass is 9.94. The third kappa shape index (κ3) is 10.9. The first-order valence-corrected chi connectivity index (χ1v) is 18.4. The van der Waals surface area contributed by atoms with Gasteiger partial charge in [-0.15, -0.1) is 0 Å². The van der Waals surface area contributed by atoms with Crippen molar-refractivity contribution in [3.05, 3.63) is 0 Å². The van der Waals surface area contributed by atoms with Gasteiger partial charge in [-0.05, 0) is 6.92 Å². The number of aliphatic hydroxyl groups is 16. The van der Waals surface area contributed by atoms with Crippen molar-refractivity contribution in [3.8, 4) is 0 Å². The quantitative estimate of drug-likeness (QED) is 0.0646. The van der Waals surface area contributed by atoms with Gasteiger partial charge in [0.05, 0.1) is 39.1 Å². The van der Waals surface area contributed by atoms with E-state index in [4.69, 9.17) is 37.9 Å². The highest BCUT2D eigenvalue weighted by Gasteiger charge is 2.55. The number of carbonyl (C=O) groups is 1. The second-order valence-electron chi connectivity index (χ2n) is 14.5. The maximum Gasteiger partial charge on any atom is 0.217 e. The van der Waals surface area contributed by atoms with Crippen LogP contribution in [0.3, 0.4) is 0 Å². The normalized spacial score (nSPS) is 45.9. The molecule has 4 heterocycles. The van der Waals surface area contributed by atoms with Crippen LogP contribution in [0.2, 0.25) is 0 Å². The monoisotopic (exact) mass is 855 g/mol. The lowest BCUT2D eigenvalue weighted by Gasteiger charge is -2.50. The summed E-state index contributed by atoms with van der Waals surface area (Å²) in [5.41, 5.74) is 0. The molecular formula is C32H57NO25. The number of nitrogens with one attached hydrogen (secondary N) is 1. The summed E-state index contributed by atoms with van der Waals surface area (Å²) in [6.07, 6.45) is -42.2. The average Bonchev–Trinajstić information content (AvgIpc) is 3.20. The van der Waals surface area contributed by atoms with Gasteiger partial charge in [0.15, 0.2) is 25.2 Å². The number of ether oxygens (including phenoxy) is 8. The molecule has 4 aliphatic rings. The molecule has 0 unspecified atom stereocenters. The Balaban J connectivity index is 1.65. The van der Waals surface area contributed by atoms with Crippen molar-refractivity contribution in [2.45, 2.75) is 161 Å². The molecule has 17 N–H and O–H groups in total. The van der Waals surface area contributed by atoms with E-state index in [0.29, 0.717) is 0 Å². The zero-order valence-electron chi connectivity index (χ0n) is 31.2. The van der Waals surface area contributed by atoms with Gasteiger partial charge in [-0.3, -0.25) is 4.79 Å². The summed E-state index contributed by atoms with van der Waals surface area (Å²) < 4.78 is 45.8. The standard InChI is InChI=1S/C32H57NO25/c1-8-16(41)20(45)23(48)30(52-8)58-28-15(33-9(2)38)29(54-13(6-37)27(28)57-31-24(49)21(46)18(43)12(5-36)53-31)51-7-14-19(44)22(47)25(50)32(55-14)56-26(11(40)4-35)17(42)10(39)3-34/h8,10-32,34-37,39-50H,3-7H2,1-2H3,(H,33,38)/t8-,10-,11+,12+,13+,14+,15+,16+,17+,18-,19-,20+,21-,22-,23-,24+,25+,26+,27+,28+,29+,30-,31-,32-/m0/s1. The van der Waals surface area contributed by atoms with Gasteiger partial charge in [0.25, 0.3) is 0 Å². The van der Waals surface area contributed by atoms with Gasteiger partial charge in [0, 0.05) is 6.92 Å². The van der Waals surface area contributed by atoms with E-state index in [1.165, 1.54) is 6.92 Å². The number of amides is 1. The van der Waals surface area contributed by atoms with Crippen molar-refractivity contribution in [3.63, 3.8) is 0 Å². The lowest BCUT2D eigenvalue weighted by molar-refractivity contribution is -0.377. The minimum absolute atomic E-state index is 0.795. The van der Waals surface area contributed by atoms with Crippen LogP contribution >= 0.6 is 0 Å². The predicted octanol–water partition coefficient (Wildman–Crippen LogP) is -11.1. The first-order valence-electron chi connectivity index (χ1n) is 18.4. The van der Waals surface area contributed by atoms with Gasteiger partial charge in [0.2, 0.25) is 5.91 Å². The Morgan fingerprint density at radius 3 is 1.62 bits per heavy atom. The SMILES string of the molecule is CC(=O)N[C@H]1[C@H](OC[C@H]2O[C@@H](O[C@@H]([C@H](O)[C@@H](O)CO)[C@H](O)CO)[C@H](O)[C@@H](O)[C@H]2O)O[C@H](CO)[C@@H](O[C@@H]2O[C@H](CO)[C@H](O)[C@H](O)[C@H]2O)[C@@H]1O[C@@H]1O[C@@H](C)[C@@H](O)[C@@H](O)[C@@H]1O. The molecule has 0 spiro atoms. The third-order valence-corrected chi connectivity index (χ3v) is 10.3. The lowest BCUT2D eigenvalue weighted by Crippen LogP contribution is -2.70. The molecular weight excluding hydrogens is 798 g/mol. The van der Waals surface area contributed by atoms with Gasteiger partial charge < -0.3 is 125 Å². The molecule has 4 fully saturated rings. The van der Waals surface area contributed by atoms with Crippen LogP contribution in [0.5, 0.6) is 0 Å². The molecule has 0 radical (unpaired) electrons. The van der Waals surface area contributed by atoms with Gasteiger partial charge in [0.1, 0.15) is 116 Å². The molecule has 1 amide bonds. The molecule has 0 aromatic heterocycles. The smallest absolute Gasteiger partial charge is 0.217 e. The van der Waals surface area contributed by atoms with Gasteiger partial charge >= 0.3 is 0 Å². The maximum atomic E-state index is 12.6. The largest absolute Gasteiger partial charge is 0.394 e. The Kier molecular flexibility index (Phi) is 18.3. The summed E-state index contributed by atoms with van der Waals surface area (Å²) in [5, 5.41) is 167. The molecule has 4 aliphatic heterocycles. The van der Waals surface area contributed by atoms with Crippen molar-refractivity contribution in [1.29, 1.82) is 0 Å². The highest BCUT2D eigenvalue weighted by atomic mass is 16.8. The average molecular weight is 856 g/mol. The first-order chi connectivity index (χ1) is 27.3. The summed E-state index contributed by atoms with van der Waals surface area (Å²) in [7, 11) is 0. The van der Waals surface area contributed by atoms with Gasteiger partial charge in [-0.25, -0.2) is 0 Å². The number of carbonyl (C=O) groups excluding carboxylic acids is 1. The van der Waals surface area contributed by atoms with E-state index in [1.807, 2.05) is 0 Å². The van der Waals surface area contributed by atoms with Gasteiger partial charge in [-0.2, -0.15) is 0 Å². The van der Waals surface area contributed by atoms with E-state index in [0.717, 1.165) is 6.92 Å². The fraction of sp³-hybridized carbons (Fsp3) is 0.969. The van der Waals surface area contributed by atoms with E-state index in [9.17, 15) is 86.5 Å². The van der Waals surface area contributed by atoms with Crippen LogP contribution in [0, 0.1) is 0 Å². The first kappa shape index (κ1) is 49.2. The zero-order valence-corrected chi connectivity index (χ0v) is 31.2. The fourth-order valence-corrected chi connectivity index (χ4v) is 6.86. The molecule has 58 heavy (non-hydrogen) atoms. The van der Waals surface area contributed by atoms with Crippen LogP contribution < -0.4 is 5.32 Å². The molecule has 4 rings (SSSR count). The molecule has 0 saturated carbocycles. The van der Waals surface area contributed by atoms with Crippen molar-refractivity contribution in [2.75, 3.05) is 33.0 Å². The number of rotatable bonds is 17. The van der Waals surface area contributed by atoms with Crippen molar-refractivity contribution < 1.29 is 124 Å². The Labute approximate surface area is 329 Å². The Morgan fingerprint density at radius 1 is 0.586 bits per heavy atom. The molecule has 340 valence electrons. The second kappa shape index (κ2) is 21.5. The summed E-state index contributed by atoms with van der Waals surface area (Å²) in [6, 6.07) is -1.63. The zero-order chi connectivity index (χ0) is 43.3. The molecule has 24 atom stereocenters. The summed E-state index contributed by atoms with van der Waals surface area (Å²) in [6.45, 7) is -2.38. The molecule has 0 aromatic carbocycles. The molecule has 26 heteroatoms. The number of aliphatic hydroxyl groups excluding tert-OH is 16. The molecule has 0 aromatic rings. The highest BCUT2D eigenvalue weighted by molar-refractivity contribution is 5.73. The van der Waals surface area contributed by atoms with Crippen LogP contribution in [0.15, 0.2) is 0 Å². The Morgan fingerprint density at radius 2 is 1.07 bits per heavy atom. The topological polar surface area (TPSA) is 427 Å². The van der Waals surface area contributed by atoms with Crippen LogP contribution in [0.1, 0.15) is 13.8 Å². The summed E-state index contributed by atoms with van der Waals surface area (Å²) in [4.78, 5) is 12.6. The second-order valence-corrected chi connectivity index (χ2v) is 14.5. The van der Waals surface area contributed by atoms with Crippen LogP contribution in [0.4, 0.5) is 0 Å².